The Hall–Kier alpha value is -1.92. The van der Waals surface area contributed by atoms with E-state index in [4.69, 9.17) is 16.1 Å². The van der Waals surface area contributed by atoms with Gasteiger partial charge in [-0.2, -0.15) is 0 Å². The summed E-state index contributed by atoms with van der Waals surface area (Å²) in [6.45, 7) is 2.16. The molecular weight excluding hydrogens is 357 g/mol. The minimum atomic E-state index is -0.541. The highest BCUT2D eigenvalue weighted by Gasteiger charge is 2.37. The normalized spacial score (nSPS) is 16.2. The van der Waals surface area contributed by atoms with E-state index in [1.54, 1.807) is 13.0 Å². The molecule has 0 aliphatic heterocycles. The van der Waals surface area contributed by atoms with Gasteiger partial charge in [-0.05, 0) is 46.0 Å². The summed E-state index contributed by atoms with van der Waals surface area (Å²) in [5.74, 6) is -0.534. The lowest BCUT2D eigenvalue weighted by atomic mass is 9.95. The van der Waals surface area contributed by atoms with Crippen molar-refractivity contribution < 1.29 is 13.7 Å². The fraction of sp³-hybridized carbons (Fsp3) is 0.474. The van der Waals surface area contributed by atoms with Crippen LogP contribution in [0.2, 0.25) is 5.02 Å². The second kappa shape index (κ2) is 7.37. The molecule has 2 aromatic rings. The molecule has 0 atom stereocenters. The van der Waals surface area contributed by atoms with Crippen LogP contribution < -0.4 is 5.32 Å². The molecule has 1 fully saturated rings. The quantitative estimate of drug-likeness (QED) is 0.851. The molecule has 1 amide bonds. The van der Waals surface area contributed by atoms with E-state index >= 15 is 0 Å². The van der Waals surface area contributed by atoms with E-state index in [9.17, 15) is 9.18 Å². The van der Waals surface area contributed by atoms with Gasteiger partial charge in [0.25, 0.3) is 5.91 Å². The van der Waals surface area contributed by atoms with E-state index in [-0.39, 0.29) is 33.3 Å². The van der Waals surface area contributed by atoms with E-state index < -0.39 is 5.82 Å². The number of benzene rings is 1. The molecular formula is C19H23ClFN3O2. The van der Waals surface area contributed by atoms with Crippen molar-refractivity contribution >= 4 is 17.5 Å². The molecule has 1 saturated carbocycles. The molecule has 0 bridgehead atoms. The number of nitrogens with zero attached hydrogens (tertiary/aromatic N) is 2. The summed E-state index contributed by atoms with van der Waals surface area (Å²) >= 11 is 6.13. The van der Waals surface area contributed by atoms with Crippen molar-refractivity contribution in [1.82, 2.24) is 15.4 Å². The number of hydrogen-bond acceptors (Lipinski definition) is 4. The fourth-order valence-electron chi connectivity index (χ4n) is 3.68. The maximum Gasteiger partial charge on any atom is 0.257 e. The molecule has 140 valence electrons. The second-order valence-electron chi connectivity index (χ2n) is 7.07. The van der Waals surface area contributed by atoms with Crippen LogP contribution in [-0.4, -0.2) is 42.1 Å². The van der Waals surface area contributed by atoms with Gasteiger partial charge in [0.2, 0.25) is 0 Å². The smallest absolute Gasteiger partial charge is 0.257 e. The van der Waals surface area contributed by atoms with Crippen LogP contribution in [0.25, 0.3) is 11.3 Å². The Labute approximate surface area is 157 Å². The van der Waals surface area contributed by atoms with Crippen LogP contribution >= 0.6 is 11.6 Å². The summed E-state index contributed by atoms with van der Waals surface area (Å²) in [7, 11) is 4.07. The Morgan fingerprint density at radius 3 is 2.69 bits per heavy atom. The average Bonchev–Trinajstić information content (AvgIpc) is 3.21. The molecule has 7 heteroatoms. The number of halogens is 2. The van der Waals surface area contributed by atoms with Crippen LogP contribution in [0, 0.1) is 12.7 Å². The number of rotatable bonds is 5. The van der Waals surface area contributed by atoms with E-state index in [1.165, 1.54) is 12.1 Å². The summed E-state index contributed by atoms with van der Waals surface area (Å²) in [6.07, 6.45) is 4.37. The van der Waals surface area contributed by atoms with Crippen LogP contribution in [0.4, 0.5) is 4.39 Å². The fourth-order valence-corrected chi connectivity index (χ4v) is 3.94. The molecule has 1 heterocycles. The first-order valence-corrected chi connectivity index (χ1v) is 9.10. The Morgan fingerprint density at radius 2 is 2.08 bits per heavy atom. The molecule has 3 rings (SSSR count). The van der Waals surface area contributed by atoms with Crippen molar-refractivity contribution in [2.24, 2.45) is 0 Å². The standard InChI is InChI=1S/C19H23ClFN3O2/c1-12-15(17(23-26-12)16-13(20)7-6-8-14(16)21)18(25)22-11-19(24(2)3)9-4-5-10-19/h6-8H,4-5,9-11H2,1-3H3,(H,22,25). The highest BCUT2D eigenvalue weighted by atomic mass is 35.5. The molecule has 1 N–H and O–H groups in total. The van der Waals surface area contributed by atoms with E-state index in [0.29, 0.717) is 12.3 Å². The first-order valence-electron chi connectivity index (χ1n) is 8.72. The molecule has 5 nitrogen and oxygen atoms in total. The minimum absolute atomic E-state index is 0.0451. The number of carbonyl (C=O) groups excluding carboxylic acids is 1. The summed E-state index contributed by atoms with van der Waals surface area (Å²) in [5, 5.41) is 7.07. The lowest BCUT2D eigenvalue weighted by molar-refractivity contribution is 0.0899. The Kier molecular flexibility index (Phi) is 5.34. The van der Waals surface area contributed by atoms with Crippen molar-refractivity contribution in [2.75, 3.05) is 20.6 Å². The number of hydrogen-bond donors (Lipinski definition) is 1. The number of carbonyl (C=O) groups is 1. The van der Waals surface area contributed by atoms with Crippen LogP contribution in [0.1, 0.15) is 41.8 Å². The largest absolute Gasteiger partial charge is 0.360 e. The molecule has 26 heavy (non-hydrogen) atoms. The van der Waals surface area contributed by atoms with Crippen LogP contribution in [0.5, 0.6) is 0 Å². The third kappa shape index (κ3) is 3.35. The molecule has 1 aliphatic carbocycles. The van der Waals surface area contributed by atoms with Gasteiger partial charge in [-0.3, -0.25) is 4.79 Å². The topological polar surface area (TPSA) is 58.4 Å². The van der Waals surface area contributed by atoms with Gasteiger partial charge < -0.3 is 14.7 Å². The summed E-state index contributed by atoms with van der Waals surface area (Å²) < 4.78 is 19.5. The lowest BCUT2D eigenvalue weighted by Crippen LogP contribution is -2.50. The predicted octanol–water partition coefficient (Wildman–Crippen LogP) is 4.05. The first kappa shape index (κ1) is 18.9. The number of aryl methyl sites for hydroxylation is 1. The molecule has 0 unspecified atom stereocenters. The van der Waals surface area contributed by atoms with Crippen molar-refractivity contribution in [1.29, 1.82) is 0 Å². The van der Waals surface area contributed by atoms with Crippen molar-refractivity contribution in [3.05, 3.63) is 40.4 Å². The van der Waals surface area contributed by atoms with E-state index in [2.05, 4.69) is 15.4 Å². The molecule has 1 aliphatic rings. The Bertz CT molecular complexity index is 793. The number of amides is 1. The van der Waals surface area contributed by atoms with Gasteiger partial charge in [-0.25, -0.2) is 4.39 Å². The molecule has 1 aromatic carbocycles. The van der Waals surface area contributed by atoms with Crippen molar-refractivity contribution in [3.8, 4) is 11.3 Å². The van der Waals surface area contributed by atoms with Gasteiger partial charge in [0.15, 0.2) is 0 Å². The highest BCUT2D eigenvalue weighted by molar-refractivity contribution is 6.33. The number of nitrogens with one attached hydrogen (secondary N) is 1. The van der Waals surface area contributed by atoms with Crippen molar-refractivity contribution in [3.63, 3.8) is 0 Å². The van der Waals surface area contributed by atoms with Gasteiger partial charge in [-0.1, -0.05) is 35.7 Å². The van der Waals surface area contributed by atoms with Gasteiger partial charge in [-0.15, -0.1) is 0 Å². The van der Waals surface area contributed by atoms with E-state index in [0.717, 1.165) is 25.7 Å². The summed E-state index contributed by atoms with van der Waals surface area (Å²) in [4.78, 5) is 15.0. The van der Waals surface area contributed by atoms with Gasteiger partial charge in [0, 0.05) is 12.1 Å². The Balaban J connectivity index is 1.88. The van der Waals surface area contributed by atoms with Gasteiger partial charge >= 0.3 is 0 Å². The maximum absolute atomic E-state index is 14.3. The van der Waals surface area contributed by atoms with Crippen LogP contribution in [-0.2, 0) is 0 Å². The first-order chi connectivity index (χ1) is 12.4. The SMILES string of the molecule is Cc1onc(-c2c(F)cccc2Cl)c1C(=O)NCC1(N(C)C)CCCC1. The highest BCUT2D eigenvalue weighted by Crippen LogP contribution is 2.35. The monoisotopic (exact) mass is 379 g/mol. The maximum atomic E-state index is 14.3. The Morgan fingerprint density at radius 1 is 1.38 bits per heavy atom. The second-order valence-corrected chi connectivity index (χ2v) is 7.47. The van der Waals surface area contributed by atoms with E-state index in [1.807, 2.05) is 14.1 Å². The third-order valence-corrected chi connectivity index (χ3v) is 5.67. The van der Waals surface area contributed by atoms with Gasteiger partial charge in [0.1, 0.15) is 22.8 Å². The predicted molar refractivity (Wildman–Crippen MR) is 98.9 cm³/mol. The number of aromatic nitrogens is 1. The molecule has 0 saturated heterocycles. The zero-order valence-corrected chi connectivity index (χ0v) is 16.0. The average molecular weight is 380 g/mol. The summed E-state index contributed by atoms with van der Waals surface area (Å²) in [6, 6.07) is 4.35. The minimum Gasteiger partial charge on any atom is -0.360 e. The third-order valence-electron chi connectivity index (χ3n) is 5.35. The van der Waals surface area contributed by atoms with Crippen LogP contribution in [0.3, 0.4) is 0 Å². The van der Waals surface area contributed by atoms with Crippen molar-refractivity contribution in [2.45, 2.75) is 38.1 Å². The number of likely N-dealkylation sites (N-methyl/N-ethyl adjacent to an activating group) is 1. The zero-order chi connectivity index (χ0) is 18.9. The lowest BCUT2D eigenvalue weighted by Gasteiger charge is -2.36. The summed E-state index contributed by atoms with van der Waals surface area (Å²) in [5.41, 5.74) is 0.396. The zero-order valence-electron chi connectivity index (χ0n) is 15.2. The van der Waals surface area contributed by atoms with Crippen LogP contribution in [0.15, 0.2) is 22.7 Å². The molecule has 0 radical (unpaired) electrons. The molecule has 0 spiro atoms. The molecule has 1 aromatic heterocycles. The van der Waals surface area contributed by atoms with Gasteiger partial charge in [0.05, 0.1) is 10.6 Å².